The van der Waals surface area contributed by atoms with Crippen molar-refractivity contribution in [1.29, 1.82) is 0 Å². The van der Waals surface area contributed by atoms with Crippen molar-refractivity contribution in [3.05, 3.63) is 23.9 Å². The summed E-state index contributed by atoms with van der Waals surface area (Å²) >= 11 is 0. The van der Waals surface area contributed by atoms with E-state index in [2.05, 4.69) is 9.98 Å². The van der Waals surface area contributed by atoms with Crippen LogP contribution in [-0.2, 0) is 6.54 Å². The molecule has 0 aliphatic heterocycles. The summed E-state index contributed by atoms with van der Waals surface area (Å²) in [6.07, 6.45) is 8.02. The molecule has 1 aromatic heterocycles. The maximum absolute atomic E-state index is 6.07. The number of hydrogen-bond donors (Lipinski definition) is 1. The van der Waals surface area contributed by atoms with Crippen molar-refractivity contribution in [3.8, 4) is 5.88 Å². The first-order chi connectivity index (χ1) is 8.79. The Morgan fingerprint density at radius 2 is 2.22 bits per heavy atom. The lowest BCUT2D eigenvalue weighted by Crippen LogP contribution is -2.25. The van der Waals surface area contributed by atoms with Gasteiger partial charge in [-0.05, 0) is 24.5 Å². The summed E-state index contributed by atoms with van der Waals surface area (Å²) < 4.78 is 5.09. The lowest BCUT2D eigenvalue weighted by Gasteiger charge is -2.20. The molecule has 0 unspecified atom stereocenters. The lowest BCUT2D eigenvalue weighted by atomic mass is 9.88. The van der Waals surface area contributed by atoms with Crippen LogP contribution < -0.4 is 10.5 Å². The number of amidine groups is 1. The Morgan fingerprint density at radius 3 is 2.94 bits per heavy atom. The van der Waals surface area contributed by atoms with Crippen LogP contribution in [0.5, 0.6) is 5.88 Å². The molecule has 1 heterocycles. The van der Waals surface area contributed by atoms with Gasteiger partial charge in [0, 0.05) is 18.2 Å². The number of aromatic nitrogens is 1. The van der Waals surface area contributed by atoms with Gasteiger partial charge < -0.3 is 10.5 Å². The molecule has 98 valence electrons. The van der Waals surface area contributed by atoms with Crippen LogP contribution in [0.4, 0.5) is 0 Å². The minimum Gasteiger partial charge on any atom is -0.481 e. The Kier molecular flexibility index (Phi) is 4.56. The standard InChI is InChI=1S/C14H21N3O/c1-18-13-9-11(7-8-16-13)10-17-14(15)12-5-3-2-4-6-12/h7-9,12H,2-6,10H2,1H3,(H2,15,17). The van der Waals surface area contributed by atoms with Gasteiger partial charge in [-0.1, -0.05) is 19.3 Å². The molecular weight excluding hydrogens is 226 g/mol. The van der Waals surface area contributed by atoms with E-state index in [0.29, 0.717) is 18.3 Å². The second-order valence-electron chi connectivity index (χ2n) is 4.78. The molecule has 1 aliphatic rings. The number of aliphatic imine (C=N–C) groups is 1. The quantitative estimate of drug-likeness (QED) is 0.657. The van der Waals surface area contributed by atoms with E-state index < -0.39 is 0 Å². The van der Waals surface area contributed by atoms with Gasteiger partial charge >= 0.3 is 0 Å². The fourth-order valence-corrected chi connectivity index (χ4v) is 2.37. The highest BCUT2D eigenvalue weighted by molar-refractivity contribution is 5.82. The third kappa shape index (κ3) is 3.45. The molecule has 0 bridgehead atoms. The second kappa shape index (κ2) is 6.38. The van der Waals surface area contributed by atoms with Gasteiger partial charge in [-0.25, -0.2) is 4.98 Å². The number of nitrogens with two attached hydrogens (primary N) is 1. The maximum Gasteiger partial charge on any atom is 0.213 e. The van der Waals surface area contributed by atoms with Crippen molar-refractivity contribution in [3.63, 3.8) is 0 Å². The van der Waals surface area contributed by atoms with E-state index in [4.69, 9.17) is 10.5 Å². The second-order valence-corrected chi connectivity index (χ2v) is 4.78. The summed E-state index contributed by atoms with van der Waals surface area (Å²) in [4.78, 5) is 8.58. The third-order valence-corrected chi connectivity index (χ3v) is 3.48. The number of ether oxygens (including phenoxy) is 1. The first-order valence-corrected chi connectivity index (χ1v) is 6.58. The summed E-state index contributed by atoms with van der Waals surface area (Å²) in [5.74, 6) is 1.92. The highest BCUT2D eigenvalue weighted by atomic mass is 16.5. The molecule has 0 aromatic carbocycles. The Hall–Kier alpha value is -1.58. The highest BCUT2D eigenvalue weighted by Crippen LogP contribution is 2.23. The van der Waals surface area contributed by atoms with Crippen LogP contribution in [-0.4, -0.2) is 17.9 Å². The van der Waals surface area contributed by atoms with E-state index in [-0.39, 0.29) is 0 Å². The first kappa shape index (κ1) is 12.9. The normalized spacial score (nSPS) is 17.7. The highest BCUT2D eigenvalue weighted by Gasteiger charge is 2.16. The zero-order chi connectivity index (χ0) is 12.8. The molecule has 2 rings (SSSR count). The smallest absolute Gasteiger partial charge is 0.213 e. The zero-order valence-corrected chi connectivity index (χ0v) is 10.9. The molecule has 18 heavy (non-hydrogen) atoms. The molecule has 0 radical (unpaired) electrons. The van der Waals surface area contributed by atoms with Crippen molar-refractivity contribution < 1.29 is 4.74 Å². The zero-order valence-electron chi connectivity index (χ0n) is 10.9. The number of methoxy groups -OCH3 is 1. The molecule has 1 aliphatic carbocycles. The Bertz CT molecular complexity index is 411. The number of hydrogen-bond acceptors (Lipinski definition) is 3. The van der Waals surface area contributed by atoms with Crippen LogP contribution in [0, 0.1) is 5.92 Å². The summed E-state index contributed by atoms with van der Waals surface area (Å²) in [7, 11) is 1.62. The van der Waals surface area contributed by atoms with Crippen LogP contribution in [0.15, 0.2) is 23.3 Å². The Balaban J connectivity index is 1.95. The first-order valence-electron chi connectivity index (χ1n) is 6.58. The van der Waals surface area contributed by atoms with Gasteiger partial charge in [0.2, 0.25) is 5.88 Å². The molecule has 1 fully saturated rings. The van der Waals surface area contributed by atoms with Gasteiger partial charge in [-0.2, -0.15) is 0 Å². The van der Waals surface area contributed by atoms with Crippen LogP contribution in [0.3, 0.4) is 0 Å². The molecule has 0 spiro atoms. The van der Waals surface area contributed by atoms with Crippen LogP contribution >= 0.6 is 0 Å². The van der Waals surface area contributed by atoms with Crippen molar-refractivity contribution in [2.45, 2.75) is 38.6 Å². The molecule has 0 saturated heterocycles. The number of pyridine rings is 1. The lowest BCUT2D eigenvalue weighted by molar-refractivity contribution is 0.397. The van der Waals surface area contributed by atoms with Gasteiger partial charge in [0.1, 0.15) is 0 Å². The van der Waals surface area contributed by atoms with E-state index >= 15 is 0 Å². The van der Waals surface area contributed by atoms with E-state index in [1.54, 1.807) is 13.3 Å². The van der Waals surface area contributed by atoms with Crippen LogP contribution in [0.2, 0.25) is 0 Å². The number of nitrogens with zero attached hydrogens (tertiary/aromatic N) is 2. The van der Waals surface area contributed by atoms with Crippen LogP contribution in [0.25, 0.3) is 0 Å². The maximum atomic E-state index is 6.07. The van der Waals surface area contributed by atoms with Crippen molar-refractivity contribution >= 4 is 5.84 Å². The Labute approximate surface area is 108 Å². The van der Waals surface area contributed by atoms with E-state index in [1.165, 1.54) is 32.1 Å². The van der Waals surface area contributed by atoms with Gasteiger partial charge in [-0.15, -0.1) is 0 Å². The number of rotatable bonds is 4. The van der Waals surface area contributed by atoms with Crippen molar-refractivity contribution in [2.75, 3.05) is 7.11 Å². The molecule has 4 nitrogen and oxygen atoms in total. The predicted molar refractivity (Wildman–Crippen MR) is 72.7 cm³/mol. The van der Waals surface area contributed by atoms with Gasteiger partial charge in [-0.3, -0.25) is 4.99 Å². The molecule has 2 N–H and O–H groups in total. The molecule has 1 saturated carbocycles. The average Bonchev–Trinajstić information content (AvgIpc) is 2.46. The summed E-state index contributed by atoms with van der Waals surface area (Å²) in [6, 6.07) is 3.85. The topological polar surface area (TPSA) is 60.5 Å². The van der Waals surface area contributed by atoms with Gasteiger partial charge in [0.25, 0.3) is 0 Å². The fourth-order valence-electron chi connectivity index (χ4n) is 2.37. The van der Waals surface area contributed by atoms with E-state index in [0.717, 1.165) is 11.4 Å². The largest absolute Gasteiger partial charge is 0.481 e. The molecular formula is C14H21N3O. The molecule has 0 amide bonds. The molecule has 4 heteroatoms. The summed E-state index contributed by atoms with van der Waals surface area (Å²) in [5, 5.41) is 0. The predicted octanol–water partition coefficient (Wildman–Crippen LogP) is 2.53. The van der Waals surface area contributed by atoms with Gasteiger partial charge in [0.05, 0.1) is 19.5 Å². The van der Waals surface area contributed by atoms with Gasteiger partial charge in [0.15, 0.2) is 0 Å². The average molecular weight is 247 g/mol. The van der Waals surface area contributed by atoms with Crippen LogP contribution in [0.1, 0.15) is 37.7 Å². The summed E-state index contributed by atoms with van der Waals surface area (Å²) in [5.41, 5.74) is 7.15. The van der Waals surface area contributed by atoms with E-state index in [1.807, 2.05) is 12.1 Å². The molecule has 1 aromatic rings. The molecule has 0 atom stereocenters. The summed E-state index contributed by atoms with van der Waals surface area (Å²) in [6.45, 7) is 0.612. The van der Waals surface area contributed by atoms with E-state index in [9.17, 15) is 0 Å². The minimum absolute atomic E-state index is 0.488. The third-order valence-electron chi connectivity index (χ3n) is 3.48. The fraction of sp³-hybridized carbons (Fsp3) is 0.571. The Morgan fingerprint density at radius 1 is 1.44 bits per heavy atom. The minimum atomic E-state index is 0.488. The van der Waals surface area contributed by atoms with Crippen molar-refractivity contribution in [2.24, 2.45) is 16.6 Å². The van der Waals surface area contributed by atoms with Crippen molar-refractivity contribution in [1.82, 2.24) is 4.98 Å². The monoisotopic (exact) mass is 247 g/mol. The SMILES string of the molecule is COc1cc(CN=C(N)C2CCCCC2)ccn1.